The van der Waals surface area contributed by atoms with E-state index in [1.807, 2.05) is 214 Å². The van der Waals surface area contributed by atoms with E-state index in [0.717, 1.165) is 43.0 Å². The van der Waals surface area contributed by atoms with E-state index < -0.39 is 143 Å². The zero-order valence-corrected chi connectivity index (χ0v) is 67.6. The number of hydrogen-bond acceptors (Lipinski definition) is 18. The molecule has 0 amide bonds. The van der Waals surface area contributed by atoms with E-state index >= 15 is 0 Å². The highest BCUT2D eigenvalue weighted by Gasteiger charge is 2.62. The fourth-order valence-electron chi connectivity index (χ4n) is 16.3. The number of esters is 1. The number of rotatable bonds is 30. The van der Waals surface area contributed by atoms with Crippen molar-refractivity contribution in [2.24, 2.45) is 5.92 Å². The highest BCUT2D eigenvalue weighted by atomic mass is 28.4. The lowest BCUT2D eigenvalue weighted by atomic mass is 9.90. The number of benzene rings is 9. The zero-order chi connectivity index (χ0) is 78.5. The standard InChI is InChI=1S/C93H104O18Si2/c1-63-64(2)103-89(84(99-59-68-41-23-12-24-42-68)78(63)97-57-66-37-19-10-20-38-66)109-86-83-81(110-91(95)111-83)77(62-102-113(93(7,8)9,73-51-33-17-34-52-73)74-53-35-18-36-54-74)106-90(86)108-80-75(55-56-96-76(80)61-101-112(92(4,5)6,71-47-29-15-30-48-71)72-49-31-16-32-50-72)105-88-85(100-60-69-43-25-13-26-44-69)82(98-58-67-39-21-11-22-40-67)79(65(3)104-88)107-87(94)70-45-27-14-28-46-70/h10-56,63-65,75-86,88-90H,57-62H2,1-9H3/t63-,64?,65?,75-,76?,77?,78?,79?,80?,81?,82+,83+,84-,85?,86?,88+,89?,90+/m1/s1. The Kier molecular flexibility index (Phi) is 26.3. The number of ether oxygens (including phenoxy) is 14. The third kappa shape index (κ3) is 18.5. The fraction of sp³-hybridized carbons (Fsp3) is 0.376. The van der Waals surface area contributed by atoms with Gasteiger partial charge in [-0.2, -0.15) is 0 Å². The molecule has 18 atom stereocenters. The normalized spacial score (nSPS) is 27.3. The van der Waals surface area contributed by atoms with Gasteiger partial charge in [0, 0.05) is 5.92 Å². The van der Waals surface area contributed by atoms with E-state index in [4.69, 9.17) is 75.2 Å². The molecule has 592 valence electrons. The summed E-state index contributed by atoms with van der Waals surface area (Å²) in [4.78, 5) is 28.9. The van der Waals surface area contributed by atoms with Crippen LogP contribution in [0.15, 0.2) is 285 Å². The van der Waals surface area contributed by atoms with Crippen LogP contribution in [0.3, 0.4) is 0 Å². The predicted octanol–water partition coefficient (Wildman–Crippen LogP) is 14.5. The van der Waals surface area contributed by atoms with Gasteiger partial charge in [0.05, 0.1) is 69.8 Å². The molecule has 20 heteroatoms. The maximum atomic E-state index is 14.5. The highest BCUT2D eigenvalue weighted by Crippen LogP contribution is 2.44. The van der Waals surface area contributed by atoms with Crippen LogP contribution in [-0.2, 0) is 102 Å². The van der Waals surface area contributed by atoms with Crippen molar-refractivity contribution >= 4 is 49.5 Å². The lowest BCUT2D eigenvalue weighted by Crippen LogP contribution is -2.69. The zero-order valence-electron chi connectivity index (χ0n) is 65.6. The molecule has 0 aromatic heterocycles. The molecule has 5 aliphatic heterocycles. The lowest BCUT2D eigenvalue weighted by Gasteiger charge is -2.50. The second-order valence-electron chi connectivity index (χ2n) is 31.8. The molecule has 0 N–H and O–H groups in total. The van der Waals surface area contributed by atoms with Crippen molar-refractivity contribution < 1.29 is 84.8 Å². The summed E-state index contributed by atoms with van der Waals surface area (Å²) in [6, 6.07) is 89.6. The SMILES string of the molecule is CC1O[C@@H](O[C@@H]2C=COC(CO[Si](c3ccccc3)(c3ccccc3)C(C)(C)C)C2O[C@@H]2OC(CO[Si](c3ccccc3)(c3ccccc3)C(C)(C)C)C3OC(=O)O[C@@H]3C2OC2OC(C)[C@@H](C)C(OCc3ccccc3)[C@H]2OCc2ccccc2)C(OCc2ccccc2)[C@@H](OCc2ccccc2)C1OC(=O)c1ccccc1. The summed E-state index contributed by atoms with van der Waals surface area (Å²) in [6.07, 6.45) is -15.8. The molecular formula is C93H104O18Si2. The van der Waals surface area contributed by atoms with Gasteiger partial charge in [0.25, 0.3) is 16.6 Å². The molecule has 113 heavy (non-hydrogen) atoms. The molecule has 4 saturated heterocycles. The molecule has 14 rings (SSSR count). The van der Waals surface area contributed by atoms with E-state index in [-0.39, 0.29) is 45.6 Å². The van der Waals surface area contributed by atoms with Gasteiger partial charge in [-0.05, 0) is 85.1 Å². The summed E-state index contributed by atoms with van der Waals surface area (Å²) in [7, 11) is -6.76. The molecule has 9 aromatic rings. The molecule has 5 heterocycles. The Morgan fingerprint density at radius 1 is 0.372 bits per heavy atom. The maximum absolute atomic E-state index is 14.5. The molecule has 5 aliphatic rings. The van der Waals surface area contributed by atoms with Crippen molar-refractivity contribution in [3.63, 3.8) is 0 Å². The first-order valence-electron chi connectivity index (χ1n) is 39.4. The van der Waals surface area contributed by atoms with Crippen molar-refractivity contribution in [1.29, 1.82) is 0 Å². The minimum atomic E-state index is -3.39. The molecule has 11 unspecified atom stereocenters. The van der Waals surface area contributed by atoms with Gasteiger partial charge in [0.2, 0.25) is 0 Å². The smallest absolute Gasteiger partial charge is 0.493 e. The quantitative estimate of drug-likeness (QED) is 0.0306. The first-order valence-corrected chi connectivity index (χ1v) is 43.2. The number of hydrogen-bond donors (Lipinski definition) is 0. The Balaban J connectivity index is 0.902. The average molecular weight is 1570 g/mol. The second kappa shape index (κ2) is 36.8. The van der Waals surface area contributed by atoms with Gasteiger partial charge < -0.3 is 75.2 Å². The first kappa shape index (κ1) is 80.8. The largest absolute Gasteiger partial charge is 0.509 e. The van der Waals surface area contributed by atoms with Gasteiger partial charge in [-0.25, -0.2) is 9.59 Å². The average Bonchev–Trinajstić information content (AvgIpc) is 1.11. The lowest BCUT2D eigenvalue weighted by molar-refractivity contribution is -0.373. The Labute approximate surface area is 666 Å². The highest BCUT2D eigenvalue weighted by molar-refractivity contribution is 7.00. The van der Waals surface area contributed by atoms with Crippen LogP contribution in [0.25, 0.3) is 0 Å². The van der Waals surface area contributed by atoms with Crippen molar-refractivity contribution in [3.05, 3.63) is 313 Å². The predicted molar refractivity (Wildman–Crippen MR) is 433 cm³/mol. The molecule has 0 spiro atoms. The maximum Gasteiger partial charge on any atom is 0.509 e. The number of carbonyl (C=O) groups excluding carboxylic acids is 2. The minimum absolute atomic E-state index is 0.0713. The number of carbonyl (C=O) groups is 2. The third-order valence-electron chi connectivity index (χ3n) is 22.2. The van der Waals surface area contributed by atoms with Crippen LogP contribution < -0.4 is 20.7 Å². The Morgan fingerprint density at radius 3 is 1.17 bits per heavy atom. The van der Waals surface area contributed by atoms with Crippen LogP contribution in [0, 0.1) is 5.92 Å². The van der Waals surface area contributed by atoms with E-state index in [1.165, 1.54) is 0 Å². The monoisotopic (exact) mass is 1560 g/mol. The van der Waals surface area contributed by atoms with E-state index in [0.29, 0.717) is 5.56 Å². The third-order valence-corrected chi connectivity index (χ3v) is 32.2. The second-order valence-corrected chi connectivity index (χ2v) is 40.4. The molecule has 0 radical (unpaired) electrons. The Morgan fingerprint density at radius 2 is 0.726 bits per heavy atom. The van der Waals surface area contributed by atoms with Crippen LogP contribution in [0.4, 0.5) is 4.79 Å². The van der Waals surface area contributed by atoms with Crippen LogP contribution in [0.1, 0.15) is 94.9 Å². The van der Waals surface area contributed by atoms with Gasteiger partial charge in [-0.15, -0.1) is 0 Å². The summed E-state index contributed by atoms with van der Waals surface area (Å²) in [5, 5.41) is 3.15. The molecule has 0 bridgehead atoms. The summed E-state index contributed by atoms with van der Waals surface area (Å²) in [5.74, 6) is -0.797. The summed E-state index contributed by atoms with van der Waals surface area (Å²) in [6.45, 7) is 19.6. The van der Waals surface area contributed by atoms with Crippen LogP contribution >= 0.6 is 0 Å². The van der Waals surface area contributed by atoms with Gasteiger partial charge in [0.1, 0.15) is 42.7 Å². The summed E-state index contributed by atoms with van der Waals surface area (Å²) >= 11 is 0. The van der Waals surface area contributed by atoms with Gasteiger partial charge >= 0.3 is 12.1 Å². The molecule has 9 aromatic carbocycles. The van der Waals surface area contributed by atoms with Gasteiger partial charge in [-0.3, -0.25) is 0 Å². The Bertz CT molecular complexity index is 4380. The molecule has 18 nitrogen and oxygen atoms in total. The van der Waals surface area contributed by atoms with Crippen molar-refractivity contribution in [3.8, 4) is 0 Å². The minimum Gasteiger partial charge on any atom is -0.493 e. The van der Waals surface area contributed by atoms with Gasteiger partial charge in [0.15, 0.2) is 43.3 Å². The van der Waals surface area contributed by atoms with E-state index in [1.54, 1.807) is 36.6 Å². The molecule has 0 aliphatic carbocycles. The van der Waals surface area contributed by atoms with Crippen molar-refractivity contribution in [2.75, 3.05) is 13.2 Å². The Hall–Kier alpha value is -8.79. The van der Waals surface area contributed by atoms with E-state index in [2.05, 4.69) is 97.0 Å². The molecule has 0 saturated carbocycles. The van der Waals surface area contributed by atoms with Crippen LogP contribution in [0.2, 0.25) is 10.1 Å². The van der Waals surface area contributed by atoms with Gasteiger partial charge in [-0.1, -0.05) is 309 Å². The van der Waals surface area contributed by atoms with E-state index in [9.17, 15) is 9.59 Å². The van der Waals surface area contributed by atoms with Crippen LogP contribution in [-0.4, -0.2) is 146 Å². The molecule has 4 fully saturated rings. The van der Waals surface area contributed by atoms with Crippen molar-refractivity contribution in [1.82, 2.24) is 0 Å². The summed E-state index contributed by atoms with van der Waals surface area (Å²) < 4.78 is 115. The topological polar surface area (TPSA) is 182 Å². The van der Waals surface area contributed by atoms with Crippen LogP contribution in [0.5, 0.6) is 0 Å². The first-order chi connectivity index (χ1) is 54.8. The van der Waals surface area contributed by atoms with Crippen molar-refractivity contribution in [2.45, 2.75) is 203 Å². The number of fused-ring (bicyclic) bond motifs is 1. The molecular weight excluding hydrogens is 1460 g/mol. The summed E-state index contributed by atoms with van der Waals surface area (Å²) in [5.41, 5.74) is 3.95. The fourth-order valence-corrected chi connectivity index (χ4v) is 25.5.